The minimum Gasteiger partial charge on any atom is -0.462 e. The molecule has 1 aliphatic rings. The van der Waals surface area contributed by atoms with Gasteiger partial charge in [0, 0.05) is 9.89 Å². The lowest BCUT2D eigenvalue weighted by Gasteiger charge is -2.22. The normalized spacial score (nSPS) is 16.5. The lowest BCUT2D eigenvalue weighted by atomic mass is 9.88. The Balaban J connectivity index is 2.11. The predicted octanol–water partition coefficient (Wildman–Crippen LogP) is 4.14. The number of carbonyl (C=O) groups excluding carboxylic acids is 2. The fourth-order valence-corrected chi connectivity index (χ4v) is 3.09. The first-order valence-corrected chi connectivity index (χ1v) is 8.04. The van der Waals surface area contributed by atoms with E-state index in [1.807, 2.05) is 6.92 Å². The maximum Gasteiger partial charge on any atom is 0.338 e. The van der Waals surface area contributed by atoms with E-state index in [4.69, 9.17) is 4.74 Å². The number of carbonyl (C=O) groups is 2. The summed E-state index contributed by atoms with van der Waals surface area (Å²) in [7, 11) is 0. The van der Waals surface area contributed by atoms with Gasteiger partial charge in [0.15, 0.2) is 0 Å². The first-order chi connectivity index (χ1) is 9.96. The van der Waals surface area contributed by atoms with Crippen molar-refractivity contribution < 1.29 is 14.3 Å². The van der Waals surface area contributed by atoms with Crippen LogP contribution in [0.25, 0.3) is 0 Å². The highest BCUT2D eigenvalue weighted by Crippen LogP contribution is 2.39. The topological polar surface area (TPSA) is 55.4 Å². The predicted molar refractivity (Wildman–Crippen MR) is 85.3 cm³/mol. The second-order valence-corrected chi connectivity index (χ2v) is 6.49. The summed E-state index contributed by atoms with van der Waals surface area (Å²) in [6.45, 7) is 4.12. The summed E-state index contributed by atoms with van der Waals surface area (Å²) < 4.78 is 5.64. The van der Waals surface area contributed by atoms with E-state index in [0.717, 1.165) is 25.7 Å². The van der Waals surface area contributed by atoms with Gasteiger partial charge in [0.05, 0.1) is 17.9 Å². The van der Waals surface area contributed by atoms with Crippen LogP contribution in [0.3, 0.4) is 0 Å². The van der Waals surface area contributed by atoms with Crippen molar-refractivity contribution in [3.05, 3.63) is 28.2 Å². The fourth-order valence-electron chi connectivity index (χ4n) is 2.61. The second kappa shape index (κ2) is 6.60. The average Bonchev–Trinajstić information content (AvgIpc) is 2.89. The number of rotatable bonds is 4. The zero-order valence-electron chi connectivity index (χ0n) is 12.4. The van der Waals surface area contributed by atoms with Crippen LogP contribution in [0.1, 0.15) is 49.9 Å². The SMILES string of the molecule is CCOC(=O)c1ccc(NC(=O)C2(C)CCCC2)c(Br)c1. The van der Waals surface area contributed by atoms with E-state index in [2.05, 4.69) is 21.2 Å². The maximum atomic E-state index is 12.4. The van der Waals surface area contributed by atoms with Gasteiger partial charge in [-0.25, -0.2) is 4.79 Å². The molecule has 1 aliphatic carbocycles. The minimum atomic E-state index is -0.362. The molecule has 0 spiro atoms. The van der Waals surface area contributed by atoms with Gasteiger partial charge < -0.3 is 10.1 Å². The fraction of sp³-hybridized carbons (Fsp3) is 0.500. The molecule has 0 saturated heterocycles. The summed E-state index contributed by atoms with van der Waals surface area (Å²) in [6.07, 6.45) is 4.06. The number of hydrogen-bond acceptors (Lipinski definition) is 3. The summed E-state index contributed by atoms with van der Waals surface area (Å²) in [5.74, 6) is -0.316. The molecule has 0 aliphatic heterocycles. The van der Waals surface area contributed by atoms with Crippen LogP contribution in [0, 0.1) is 5.41 Å². The standard InChI is InChI=1S/C16H20BrNO3/c1-3-21-14(19)11-6-7-13(12(17)10-11)18-15(20)16(2)8-4-5-9-16/h6-7,10H,3-5,8-9H2,1-2H3,(H,18,20). The highest BCUT2D eigenvalue weighted by atomic mass is 79.9. The van der Waals surface area contributed by atoms with Crippen LogP contribution in [-0.2, 0) is 9.53 Å². The third-order valence-corrected chi connectivity index (χ3v) is 4.64. The molecule has 0 radical (unpaired) electrons. The summed E-state index contributed by atoms with van der Waals surface area (Å²) in [5, 5.41) is 2.95. The molecule has 21 heavy (non-hydrogen) atoms. The molecule has 0 atom stereocenters. The van der Waals surface area contributed by atoms with Crippen LogP contribution in [-0.4, -0.2) is 18.5 Å². The Bertz CT molecular complexity index is 550. The van der Waals surface area contributed by atoms with Crippen LogP contribution in [0.4, 0.5) is 5.69 Å². The molecule has 0 aromatic heterocycles. The number of esters is 1. The van der Waals surface area contributed by atoms with Crippen molar-refractivity contribution in [2.45, 2.75) is 39.5 Å². The van der Waals surface area contributed by atoms with Crippen LogP contribution in [0.2, 0.25) is 0 Å². The Morgan fingerprint density at radius 2 is 2.00 bits per heavy atom. The Kier molecular flexibility index (Phi) is 5.04. The molecule has 1 saturated carbocycles. The van der Waals surface area contributed by atoms with Crippen LogP contribution < -0.4 is 5.32 Å². The number of anilines is 1. The quantitative estimate of drug-likeness (QED) is 0.827. The number of hydrogen-bond donors (Lipinski definition) is 1. The van der Waals surface area contributed by atoms with Gasteiger partial charge in [0.2, 0.25) is 5.91 Å². The first-order valence-electron chi connectivity index (χ1n) is 7.24. The molecule has 1 amide bonds. The van der Waals surface area contributed by atoms with Crippen molar-refractivity contribution in [2.75, 3.05) is 11.9 Å². The van der Waals surface area contributed by atoms with Crippen molar-refractivity contribution in [2.24, 2.45) is 5.41 Å². The van der Waals surface area contributed by atoms with Crippen molar-refractivity contribution in [1.82, 2.24) is 0 Å². The molecule has 1 aromatic carbocycles. The Morgan fingerprint density at radius 3 is 2.57 bits per heavy atom. The number of amides is 1. The smallest absolute Gasteiger partial charge is 0.338 e. The van der Waals surface area contributed by atoms with Gasteiger partial charge in [-0.15, -0.1) is 0 Å². The number of halogens is 1. The van der Waals surface area contributed by atoms with E-state index in [-0.39, 0.29) is 17.3 Å². The van der Waals surface area contributed by atoms with Gasteiger partial charge in [-0.3, -0.25) is 4.79 Å². The van der Waals surface area contributed by atoms with E-state index in [9.17, 15) is 9.59 Å². The summed E-state index contributed by atoms with van der Waals surface area (Å²) in [5.41, 5.74) is 0.870. The molecule has 0 heterocycles. The molecule has 0 bridgehead atoms. The Morgan fingerprint density at radius 1 is 1.33 bits per heavy atom. The van der Waals surface area contributed by atoms with Crippen LogP contribution in [0.5, 0.6) is 0 Å². The molecule has 1 N–H and O–H groups in total. The van der Waals surface area contributed by atoms with Crippen molar-refractivity contribution in [1.29, 1.82) is 0 Å². The van der Waals surface area contributed by atoms with Gasteiger partial charge in [0.1, 0.15) is 0 Å². The molecular weight excluding hydrogens is 334 g/mol. The first kappa shape index (κ1) is 16.0. The van der Waals surface area contributed by atoms with Crippen LogP contribution >= 0.6 is 15.9 Å². The molecule has 4 nitrogen and oxygen atoms in total. The van der Waals surface area contributed by atoms with Crippen molar-refractivity contribution in [3.8, 4) is 0 Å². The molecule has 1 fully saturated rings. The summed E-state index contributed by atoms with van der Waals surface area (Å²) in [4.78, 5) is 24.0. The lowest BCUT2D eigenvalue weighted by molar-refractivity contribution is -0.124. The molecule has 2 rings (SSSR count). The van der Waals surface area contributed by atoms with Crippen LogP contribution in [0.15, 0.2) is 22.7 Å². The molecular formula is C16H20BrNO3. The number of nitrogens with one attached hydrogen (secondary N) is 1. The highest BCUT2D eigenvalue weighted by molar-refractivity contribution is 9.10. The highest BCUT2D eigenvalue weighted by Gasteiger charge is 2.36. The Labute approximate surface area is 133 Å². The molecule has 5 heteroatoms. The van der Waals surface area contributed by atoms with E-state index in [1.165, 1.54) is 0 Å². The van der Waals surface area contributed by atoms with Gasteiger partial charge in [0.25, 0.3) is 0 Å². The molecule has 1 aromatic rings. The lowest BCUT2D eigenvalue weighted by Crippen LogP contribution is -2.30. The second-order valence-electron chi connectivity index (χ2n) is 5.64. The molecule has 0 unspecified atom stereocenters. The third-order valence-electron chi connectivity index (χ3n) is 3.98. The minimum absolute atomic E-state index is 0.0459. The summed E-state index contributed by atoms with van der Waals surface area (Å²) in [6, 6.07) is 5.06. The van der Waals surface area contributed by atoms with E-state index in [1.54, 1.807) is 25.1 Å². The van der Waals surface area contributed by atoms with Crippen molar-refractivity contribution >= 4 is 33.5 Å². The maximum absolute atomic E-state index is 12.4. The van der Waals surface area contributed by atoms with Gasteiger partial charge >= 0.3 is 5.97 Å². The number of benzene rings is 1. The zero-order chi connectivity index (χ0) is 15.5. The van der Waals surface area contributed by atoms with Crippen molar-refractivity contribution in [3.63, 3.8) is 0 Å². The van der Waals surface area contributed by atoms with E-state index in [0.29, 0.717) is 22.3 Å². The molecule has 114 valence electrons. The number of ether oxygens (including phenoxy) is 1. The largest absolute Gasteiger partial charge is 0.462 e. The summed E-state index contributed by atoms with van der Waals surface area (Å²) >= 11 is 3.40. The van der Waals surface area contributed by atoms with E-state index < -0.39 is 0 Å². The van der Waals surface area contributed by atoms with Gasteiger partial charge in [-0.05, 0) is 53.9 Å². The average molecular weight is 354 g/mol. The van der Waals surface area contributed by atoms with Gasteiger partial charge in [-0.1, -0.05) is 19.8 Å². The van der Waals surface area contributed by atoms with Gasteiger partial charge in [-0.2, -0.15) is 0 Å². The zero-order valence-corrected chi connectivity index (χ0v) is 14.0. The Hall–Kier alpha value is -1.36. The monoisotopic (exact) mass is 353 g/mol. The third kappa shape index (κ3) is 3.64. The van der Waals surface area contributed by atoms with E-state index >= 15 is 0 Å².